The molecule has 1 aromatic rings. The molecule has 0 bridgehead atoms. The standard InChI is InChI=1S/C12H15FO3/c1-8-4-5-9(13)6-10(8)16-7-12(2,3)11(14)15/h4-6H,7H2,1-3H3,(H,14,15). The summed E-state index contributed by atoms with van der Waals surface area (Å²) in [7, 11) is 0. The number of rotatable bonds is 4. The first kappa shape index (κ1) is 12.5. The number of hydrogen-bond acceptors (Lipinski definition) is 2. The number of aliphatic carboxylic acids is 1. The van der Waals surface area contributed by atoms with Gasteiger partial charge in [-0.25, -0.2) is 4.39 Å². The minimum atomic E-state index is -0.987. The number of benzene rings is 1. The zero-order chi connectivity index (χ0) is 12.3. The molecule has 0 atom stereocenters. The Bertz CT molecular complexity index is 399. The lowest BCUT2D eigenvalue weighted by Crippen LogP contribution is -2.30. The molecule has 0 radical (unpaired) electrons. The van der Waals surface area contributed by atoms with Crippen LogP contribution in [0.1, 0.15) is 19.4 Å². The minimum absolute atomic E-state index is 0.00657. The van der Waals surface area contributed by atoms with Crippen LogP contribution < -0.4 is 4.74 Å². The van der Waals surface area contributed by atoms with Gasteiger partial charge in [-0.3, -0.25) is 4.79 Å². The van der Waals surface area contributed by atoms with Gasteiger partial charge in [-0.2, -0.15) is 0 Å². The topological polar surface area (TPSA) is 46.5 Å². The molecule has 0 saturated heterocycles. The number of ether oxygens (including phenoxy) is 1. The number of carboxylic acids is 1. The Kier molecular flexibility index (Phi) is 3.52. The normalized spacial score (nSPS) is 11.2. The Labute approximate surface area is 93.9 Å². The van der Waals surface area contributed by atoms with Crippen LogP contribution in [0.3, 0.4) is 0 Å². The first-order valence-corrected chi connectivity index (χ1v) is 4.95. The smallest absolute Gasteiger partial charge is 0.312 e. The van der Waals surface area contributed by atoms with E-state index < -0.39 is 17.2 Å². The highest BCUT2D eigenvalue weighted by Crippen LogP contribution is 2.22. The van der Waals surface area contributed by atoms with Crippen molar-refractivity contribution in [2.75, 3.05) is 6.61 Å². The number of aryl methyl sites for hydroxylation is 1. The van der Waals surface area contributed by atoms with Crippen molar-refractivity contribution in [1.29, 1.82) is 0 Å². The quantitative estimate of drug-likeness (QED) is 0.858. The molecule has 1 aromatic carbocycles. The molecule has 0 aliphatic rings. The van der Waals surface area contributed by atoms with Crippen LogP contribution in [0.15, 0.2) is 18.2 Å². The number of halogens is 1. The summed E-state index contributed by atoms with van der Waals surface area (Å²) >= 11 is 0. The van der Waals surface area contributed by atoms with E-state index in [-0.39, 0.29) is 6.61 Å². The van der Waals surface area contributed by atoms with Gasteiger partial charge >= 0.3 is 5.97 Å². The van der Waals surface area contributed by atoms with Crippen molar-refractivity contribution in [3.63, 3.8) is 0 Å². The molecule has 88 valence electrons. The largest absolute Gasteiger partial charge is 0.492 e. The van der Waals surface area contributed by atoms with Gasteiger partial charge in [0.05, 0.1) is 5.41 Å². The lowest BCUT2D eigenvalue weighted by atomic mass is 9.95. The number of carbonyl (C=O) groups is 1. The molecule has 0 saturated carbocycles. The first-order valence-electron chi connectivity index (χ1n) is 4.95. The Morgan fingerprint density at radius 3 is 2.69 bits per heavy atom. The average Bonchev–Trinajstić information content (AvgIpc) is 2.19. The van der Waals surface area contributed by atoms with Crippen LogP contribution in [-0.4, -0.2) is 17.7 Å². The fourth-order valence-corrected chi connectivity index (χ4v) is 1.05. The van der Waals surface area contributed by atoms with Crippen molar-refractivity contribution in [1.82, 2.24) is 0 Å². The third-order valence-corrected chi connectivity index (χ3v) is 2.32. The minimum Gasteiger partial charge on any atom is -0.492 e. The van der Waals surface area contributed by atoms with Crippen molar-refractivity contribution in [2.45, 2.75) is 20.8 Å². The predicted octanol–water partition coefficient (Wildman–Crippen LogP) is 2.62. The SMILES string of the molecule is Cc1ccc(F)cc1OCC(C)(C)C(=O)O. The summed E-state index contributed by atoms with van der Waals surface area (Å²) in [4.78, 5) is 10.8. The van der Waals surface area contributed by atoms with E-state index in [0.29, 0.717) is 5.75 Å². The zero-order valence-electron chi connectivity index (χ0n) is 9.58. The van der Waals surface area contributed by atoms with Crippen LogP contribution in [-0.2, 0) is 4.79 Å². The highest BCUT2D eigenvalue weighted by molar-refractivity contribution is 5.73. The van der Waals surface area contributed by atoms with E-state index in [1.807, 2.05) is 0 Å². The van der Waals surface area contributed by atoms with Gasteiger partial charge in [-0.15, -0.1) is 0 Å². The summed E-state index contributed by atoms with van der Waals surface area (Å²) in [6.07, 6.45) is 0. The van der Waals surface area contributed by atoms with Gasteiger partial charge in [0.25, 0.3) is 0 Å². The van der Waals surface area contributed by atoms with E-state index in [2.05, 4.69) is 0 Å². The molecule has 0 spiro atoms. The molecule has 0 fully saturated rings. The Hall–Kier alpha value is -1.58. The van der Waals surface area contributed by atoms with Crippen LogP contribution in [0.5, 0.6) is 5.75 Å². The highest BCUT2D eigenvalue weighted by Gasteiger charge is 2.28. The van der Waals surface area contributed by atoms with Crippen molar-refractivity contribution < 1.29 is 19.0 Å². The molecule has 1 N–H and O–H groups in total. The maximum atomic E-state index is 12.9. The van der Waals surface area contributed by atoms with Gasteiger partial charge in [0.2, 0.25) is 0 Å². The van der Waals surface area contributed by atoms with Gasteiger partial charge in [0, 0.05) is 6.07 Å². The van der Waals surface area contributed by atoms with Crippen LogP contribution >= 0.6 is 0 Å². The summed E-state index contributed by atoms with van der Waals surface area (Å²) in [5, 5.41) is 8.89. The molecule has 0 heterocycles. The van der Waals surface area contributed by atoms with E-state index in [9.17, 15) is 9.18 Å². The van der Waals surface area contributed by atoms with Gasteiger partial charge in [0.1, 0.15) is 18.2 Å². The molecule has 16 heavy (non-hydrogen) atoms. The molecule has 4 heteroatoms. The summed E-state index contributed by atoms with van der Waals surface area (Å²) in [5.74, 6) is -0.954. The second-order valence-corrected chi connectivity index (χ2v) is 4.39. The molecule has 1 rings (SSSR count). The monoisotopic (exact) mass is 226 g/mol. The van der Waals surface area contributed by atoms with Gasteiger partial charge in [-0.1, -0.05) is 6.07 Å². The second-order valence-electron chi connectivity index (χ2n) is 4.39. The Morgan fingerprint density at radius 2 is 2.12 bits per heavy atom. The van der Waals surface area contributed by atoms with Crippen molar-refractivity contribution >= 4 is 5.97 Å². The summed E-state index contributed by atoms with van der Waals surface area (Å²) in [6, 6.07) is 4.19. The average molecular weight is 226 g/mol. The molecule has 0 unspecified atom stereocenters. The van der Waals surface area contributed by atoms with Crippen molar-refractivity contribution in [3.05, 3.63) is 29.6 Å². The zero-order valence-corrected chi connectivity index (χ0v) is 9.58. The third-order valence-electron chi connectivity index (χ3n) is 2.32. The van der Waals surface area contributed by atoms with Crippen molar-refractivity contribution in [3.8, 4) is 5.75 Å². The Morgan fingerprint density at radius 1 is 1.50 bits per heavy atom. The van der Waals surface area contributed by atoms with E-state index in [4.69, 9.17) is 9.84 Å². The molecule has 3 nitrogen and oxygen atoms in total. The lowest BCUT2D eigenvalue weighted by Gasteiger charge is -2.20. The van der Waals surface area contributed by atoms with E-state index in [0.717, 1.165) is 5.56 Å². The molecular weight excluding hydrogens is 211 g/mol. The molecule has 0 aromatic heterocycles. The van der Waals surface area contributed by atoms with Crippen LogP contribution in [0.2, 0.25) is 0 Å². The molecule has 0 aliphatic carbocycles. The van der Waals surface area contributed by atoms with Crippen molar-refractivity contribution in [2.24, 2.45) is 5.41 Å². The lowest BCUT2D eigenvalue weighted by molar-refractivity contribution is -0.148. The third kappa shape index (κ3) is 2.95. The predicted molar refractivity (Wildman–Crippen MR) is 58.0 cm³/mol. The van der Waals surface area contributed by atoms with Crippen LogP contribution in [0, 0.1) is 18.2 Å². The number of carboxylic acid groups (broad SMARTS) is 1. The summed E-state index contributed by atoms with van der Waals surface area (Å²) < 4.78 is 18.3. The fourth-order valence-electron chi connectivity index (χ4n) is 1.05. The van der Waals surface area contributed by atoms with Crippen LogP contribution in [0.4, 0.5) is 4.39 Å². The van der Waals surface area contributed by atoms with E-state index in [1.54, 1.807) is 26.8 Å². The molecule has 0 amide bonds. The van der Waals surface area contributed by atoms with E-state index >= 15 is 0 Å². The van der Waals surface area contributed by atoms with E-state index in [1.165, 1.54) is 12.1 Å². The molecule has 0 aliphatic heterocycles. The Balaban J connectivity index is 2.75. The highest BCUT2D eigenvalue weighted by atomic mass is 19.1. The number of hydrogen-bond donors (Lipinski definition) is 1. The first-order chi connectivity index (χ1) is 7.33. The summed E-state index contributed by atoms with van der Waals surface area (Å²) in [6.45, 7) is 4.91. The van der Waals surface area contributed by atoms with Gasteiger partial charge in [-0.05, 0) is 32.4 Å². The molecular formula is C12H15FO3. The van der Waals surface area contributed by atoms with Gasteiger partial charge < -0.3 is 9.84 Å². The van der Waals surface area contributed by atoms with Crippen LogP contribution in [0.25, 0.3) is 0 Å². The maximum Gasteiger partial charge on any atom is 0.312 e. The summed E-state index contributed by atoms with van der Waals surface area (Å²) in [5.41, 5.74) is -0.207. The van der Waals surface area contributed by atoms with Gasteiger partial charge in [0.15, 0.2) is 0 Å². The second kappa shape index (κ2) is 4.51. The maximum absolute atomic E-state index is 12.9. The fraction of sp³-hybridized carbons (Fsp3) is 0.417.